The molecule has 0 atom stereocenters. The van der Waals surface area contributed by atoms with Gasteiger partial charge >= 0.3 is 0 Å². The highest BCUT2D eigenvalue weighted by atomic mass is 16.5. The van der Waals surface area contributed by atoms with Gasteiger partial charge in [-0.05, 0) is 74.9 Å². The van der Waals surface area contributed by atoms with E-state index in [2.05, 4.69) is 93.2 Å². The Balaban J connectivity index is 1.59. The number of aryl methyl sites for hydroxylation is 2. The molecule has 5 rings (SSSR count). The summed E-state index contributed by atoms with van der Waals surface area (Å²) in [6, 6.07) is 20.2. The van der Waals surface area contributed by atoms with E-state index >= 15 is 0 Å². The number of benzene rings is 2. The maximum atomic E-state index is 6.56. The molecule has 0 radical (unpaired) electrons. The first-order valence-corrected chi connectivity index (χ1v) is 11.8. The Morgan fingerprint density at radius 2 is 1.61 bits per heavy atom. The van der Waals surface area contributed by atoms with E-state index in [1.807, 2.05) is 0 Å². The highest BCUT2D eigenvalue weighted by Gasteiger charge is 2.45. The lowest BCUT2D eigenvalue weighted by atomic mass is 9.63. The van der Waals surface area contributed by atoms with Crippen LogP contribution < -0.4 is 9.30 Å². The fourth-order valence-electron chi connectivity index (χ4n) is 6.02. The molecule has 0 unspecified atom stereocenters. The summed E-state index contributed by atoms with van der Waals surface area (Å²) < 4.78 is 8.75. The predicted octanol–water partition coefficient (Wildman–Crippen LogP) is 6.92. The quantitative estimate of drug-likeness (QED) is 0.417. The van der Waals surface area contributed by atoms with Crippen molar-refractivity contribution in [2.24, 2.45) is 7.05 Å². The van der Waals surface area contributed by atoms with Crippen LogP contribution in [-0.2, 0) is 12.5 Å². The Labute approximate surface area is 186 Å². The Bertz CT molecular complexity index is 1120. The summed E-state index contributed by atoms with van der Waals surface area (Å²) in [6.07, 6.45) is 9.89. The van der Waals surface area contributed by atoms with E-state index in [-0.39, 0.29) is 5.60 Å². The van der Waals surface area contributed by atoms with Crippen molar-refractivity contribution in [3.05, 3.63) is 71.9 Å². The maximum Gasteiger partial charge on any atom is 0.212 e. The first-order valence-electron chi connectivity index (χ1n) is 11.8. The number of nitrogens with zero attached hydrogens (tertiary/aromatic N) is 1. The molecule has 2 aromatic carbocycles. The van der Waals surface area contributed by atoms with E-state index in [1.54, 1.807) is 0 Å². The molecule has 1 spiro atoms. The van der Waals surface area contributed by atoms with E-state index in [0.29, 0.717) is 5.41 Å². The first kappa shape index (κ1) is 20.3. The number of hydrogen-bond acceptors (Lipinski definition) is 1. The largest absolute Gasteiger partial charge is 0.488 e. The van der Waals surface area contributed by atoms with Gasteiger partial charge in [0.2, 0.25) is 5.69 Å². The summed E-state index contributed by atoms with van der Waals surface area (Å²) in [4.78, 5) is 0. The molecular weight excluding hydrogens is 378 g/mol. The summed E-state index contributed by atoms with van der Waals surface area (Å²) in [5.74, 6) is 1.10. The topological polar surface area (TPSA) is 13.1 Å². The van der Waals surface area contributed by atoms with Crippen LogP contribution in [0.3, 0.4) is 0 Å². The van der Waals surface area contributed by atoms with Crippen LogP contribution in [0.25, 0.3) is 22.4 Å². The van der Waals surface area contributed by atoms with Crippen LogP contribution in [-0.4, -0.2) is 5.60 Å². The molecule has 1 aliphatic carbocycles. The second-order valence-corrected chi connectivity index (χ2v) is 10.3. The third-order valence-corrected chi connectivity index (χ3v) is 7.42. The van der Waals surface area contributed by atoms with Gasteiger partial charge in [0.05, 0.1) is 0 Å². The van der Waals surface area contributed by atoms with Crippen LogP contribution in [0, 0.1) is 6.92 Å². The van der Waals surface area contributed by atoms with Crippen molar-refractivity contribution in [1.29, 1.82) is 0 Å². The van der Waals surface area contributed by atoms with Crippen molar-refractivity contribution < 1.29 is 9.30 Å². The van der Waals surface area contributed by atoms with Gasteiger partial charge in [0.1, 0.15) is 18.4 Å². The maximum absolute atomic E-state index is 6.56. The Morgan fingerprint density at radius 3 is 2.39 bits per heavy atom. The molecule has 1 fully saturated rings. The minimum Gasteiger partial charge on any atom is -0.488 e. The van der Waals surface area contributed by atoms with Crippen molar-refractivity contribution in [3.8, 4) is 28.1 Å². The third-order valence-electron chi connectivity index (χ3n) is 7.42. The molecule has 0 bridgehead atoms. The van der Waals surface area contributed by atoms with Gasteiger partial charge in [0, 0.05) is 28.7 Å². The van der Waals surface area contributed by atoms with Crippen LogP contribution in [0.15, 0.2) is 60.8 Å². The van der Waals surface area contributed by atoms with E-state index in [0.717, 1.165) is 12.2 Å². The van der Waals surface area contributed by atoms with Crippen molar-refractivity contribution in [1.82, 2.24) is 0 Å². The van der Waals surface area contributed by atoms with Crippen LogP contribution in [0.1, 0.15) is 63.5 Å². The van der Waals surface area contributed by atoms with Crippen LogP contribution >= 0.6 is 0 Å². The van der Waals surface area contributed by atoms with Crippen LogP contribution in [0.2, 0.25) is 0 Å². The zero-order valence-corrected chi connectivity index (χ0v) is 19.4. The summed E-state index contributed by atoms with van der Waals surface area (Å²) in [7, 11) is 2.11. The van der Waals surface area contributed by atoms with Gasteiger partial charge in [-0.2, -0.15) is 0 Å². The summed E-state index contributed by atoms with van der Waals surface area (Å²) in [5.41, 5.74) is 7.92. The number of pyridine rings is 1. The number of hydrogen-bond donors (Lipinski definition) is 0. The highest BCUT2D eigenvalue weighted by molar-refractivity contribution is 5.74. The summed E-state index contributed by atoms with van der Waals surface area (Å²) in [5, 5.41) is 0. The molecule has 160 valence electrons. The van der Waals surface area contributed by atoms with Crippen molar-refractivity contribution >= 4 is 0 Å². The molecular formula is C29H34NO+. The van der Waals surface area contributed by atoms with Gasteiger partial charge in [-0.25, -0.2) is 4.57 Å². The average molecular weight is 413 g/mol. The highest BCUT2D eigenvalue weighted by Crippen LogP contribution is 2.53. The average Bonchev–Trinajstić information content (AvgIpc) is 2.74. The second-order valence-electron chi connectivity index (χ2n) is 10.3. The Kier molecular flexibility index (Phi) is 4.92. The fraction of sp³-hybridized carbons (Fsp3) is 0.414. The molecule has 2 heteroatoms. The second kappa shape index (κ2) is 7.51. The minimum atomic E-state index is -0.112. The summed E-state index contributed by atoms with van der Waals surface area (Å²) >= 11 is 0. The van der Waals surface area contributed by atoms with Gasteiger partial charge in [0.25, 0.3) is 0 Å². The number of rotatable bonds is 2. The SMILES string of the molecule is Cc1ccc(-c2ccc3c(c2)OC(C)(C)CC32CCCCC2)cc1-c1cccc[n+]1C. The summed E-state index contributed by atoms with van der Waals surface area (Å²) in [6.45, 7) is 6.72. The van der Waals surface area contributed by atoms with Crippen LogP contribution in [0.4, 0.5) is 0 Å². The minimum absolute atomic E-state index is 0.112. The van der Waals surface area contributed by atoms with Crippen LogP contribution in [0.5, 0.6) is 5.75 Å². The molecule has 31 heavy (non-hydrogen) atoms. The molecule has 2 nitrogen and oxygen atoms in total. The number of fused-ring (bicyclic) bond motifs is 2. The lowest BCUT2D eigenvalue weighted by Crippen LogP contribution is -2.45. The van der Waals surface area contributed by atoms with Gasteiger partial charge in [-0.1, -0.05) is 43.5 Å². The number of ether oxygens (including phenoxy) is 1. The van der Waals surface area contributed by atoms with Gasteiger partial charge in [-0.3, -0.25) is 0 Å². The van der Waals surface area contributed by atoms with E-state index in [4.69, 9.17) is 4.74 Å². The Morgan fingerprint density at radius 1 is 0.871 bits per heavy atom. The molecule has 0 N–H and O–H groups in total. The molecule has 2 heterocycles. The van der Waals surface area contributed by atoms with E-state index in [9.17, 15) is 0 Å². The molecule has 1 aromatic heterocycles. The molecule has 1 saturated carbocycles. The third kappa shape index (κ3) is 3.67. The van der Waals surface area contributed by atoms with Crippen molar-refractivity contribution in [3.63, 3.8) is 0 Å². The van der Waals surface area contributed by atoms with E-state index in [1.165, 1.54) is 65.6 Å². The van der Waals surface area contributed by atoms with Gasteiger partial charge in [-0.15, -0.1) is 0 Å². The lowest BCUT2D eigenvalue weighted by Gasteiger charge is -2.48. The molecule has 0 amide bonds. The van der Waals surface area contributed by atoms with Gasteiger partial charge in [0.15, 0.2) is 6.20 Å². The molecule has 0 saturated heterocycles. The van der Waals surface area contributed by atoms with Crippen molar-refractivity contribution in [2.45, 2.75) is 70.3 Å². The monoisotopic (exact) mass is 412 g/mol. The normalized spacial score (nSPS) is 19.0. The smallest absolute Gasteiger partial charge is 0.212 e. The predicted molar refractivity (Wildman–Crippen MR) is 127 cm³/mol. The molecule has 1 aliphatic heterocycles. The van der Waals surface area contributed by atoms with Gasteiger partial charge < -0.3 is 4.74 Å². The zero-order valence-electron chi connectivity index (χ0n) is 19.4. The molecule has 3 aromatic rings. The lowest BCUT2D eigenvalue weighted by molar-refractivity contribution is -0.660. The standard InChI is InChI=1S/C29H34NO/c1-21-11-12-22(18-24(21)26-10-6-9-17-30(26)4)23-13-14-25-27(19-23)31-28(2,3)20-29(25)15-7-5-8-16-29/h6,9-14,17-19H,5,7-8,15-16,20H2,1-4H3/q+1. The zero-order chi connectivity index (χ0) is 21.6. The Hall–Kier alpha value is -2.61. The molecule has 2 aliphatic rings. The van der Waals surface area contributed by atoms with Crippen molar-refractivity contribution in [2.75, 3.05) is 0 Å². The first-order chi connectivity index (χ1) is 14.9. The fourth-order valence-corrected chi connectivity index (χ4v) is 6.02. The number of aromatic nitrogens is 1. The van der Waals surface area contributed by atoms with E-state index < -0.39 is 0 Å².